The second kappa shape index (κ2) is 6.29. The summed E-state index contributed by atoms with van der Waals surface area (Å²) >= 11 is 0. The summed E-state index contributed by atoms with van der Waals surface area (Å²) in [4.78, 5) is 10.3. The highest BCUT2D eigenvalue weighted by atomic mass is 16.6. The number of aromatic nitrogens is 2. The first-order valence-corrected chi connectivity index (χ1v) is 6.38. The molecule has 1 aromatic heterocycles. The Morgan fingerprint density at radius 1 is 1.45 bits per heavy atom. The van der Waals surface area contributed by atoms with Gasteiger partial charge >= 0.3 is 5.69 Å². The Kier molecular flexibility index (Phi) is 4.46. The van der Waals surface area contributed by atoms with Crippen LogP contribution < -0.4 is 5.32 Å². The number of hydrogen-bond donors (Lipinski definition) is 2. The van der Waals surface area contributed by atoms with Gasteiger partial charge in [-0.15, -0.1) is 0 Å². The molecule has 0 aliphatic carbocycles. The molecule has 1 atom stereocenters. The minimum Gasteiger partial charge on any atom is -0.396 e. The number of non-ortho nitro benzene ring substituents is 1. The van der Waals surface area contributed by atoms with Crippen molar-refractivity contribution in [3.05, 3.63) is 22.2 Å². The van der Waals surface area contributed by atoms with Crippen molar-refractivity contribution in [2.24, 2.45) is 5.92 Å². The number of aliphatic hydroxyl groups is 1. The van der Waals surface area contributed by atoms with Gasteiger partial charge in [0, 0.05) is 19.2 Å². The lowest BCUT2D eigenvalue weighted by Crippen LogP contribution is -2.07. The highest BCUT2D eigenvalue weighted by Crippen LogP contribution is 2.28. The molecule has 2 aromatic rings. The summed E-state index contributed by atoms with van der Waals surface area (Å²) in [5.74, 6) is 0.266. The summed E-state index contributed by atoms with van der Waals surface area (Å²) < 4.78 is 4.58. The van der Waals surface area contributed by atoms with E-state index in [1.54, 1.807) is 6.07 Å². The summed E-state index contributed by atoms with van der Waals surface area (Å²) in [7, 11) is 0. The number of nitrogens with zero attached hydrogens (tertiary/aromatic N) is 3. The smallest absolute Gasteiger partial charge is 0.300 e. The van der Waals surface area contributed by atoms with Crippen molar-refractivity contribution >= 4 is 22.4 Å². The second-order valence-electron chi connectivity index (χ2n) is 4.71. The number of benzene rings is 1. The van der Waals surface area contributed by atoms with Crippen molar-refractivity contribution in [3.8, 4) is 0 Å². The van der Waals surface area contributed by atoms with Gasteiger partial charge in [0.05, 0.1) is 10.6 Å². The molecule has 0 saturated carbocycles. The van der Waals surface area contributed by atoms with Gasteiger partial charge in [0.15, 0.2) is 5.52 Å². The van der Waals surface area contributed by atoms with Crippen molar-refractivity contribution in [1.82, 2.24) is 10.3 Å². The minimum atomic E-state index is -0.515. The fourth-order valence-corrected chi connectivity index (χ4v) is 1.91. The summed E-state index contributed by atoms with van der Waals surface area (Å²) in [5.41, 5.74) is 1.03. The Balaban J connectivity index is 2.06. The fraction of sp³-hybridized carbons (Fsp3) is 0.500. The molecule has 2 rings (SSSR count). The van der Waals surface area contributed by atoms with Gasteiger partial charge in [0.2, 0.25) is 5.52 Å². The number of hydrogen-bond acceptors (Lipinski definition) is 7. The topological polar surface area (TPSA) is 114 Å². The van der Waals surface area contributed by atoms with E-state index >= 15 is 0 Å². The predicted molar refractivity (Wildman–Crippen MR) is 72.4 cm³/mol. The van der Waals surface area contributed by atoms with Gasteiger partial charge in [-0.25, -0.2) is 4.63 Å². The standard InChI is InChI=1S/C12H16N4O4/c1-8(7-17)3-2-6-13-9-4-5-10(16(18)19)12-11(9)14-20-15-12/h4-5,8,13,17H,2-3,6-7H2,1H3. The second-order valence-corrected chi connectivity index (χ2v) is 4.71. The highest BCUT2D eigenvalue weighted by Gasteiger charge is 2.19. The van der Waals surface area contributed by atoms with Crippen molar-refractivity contribution in [2.75, 3.05) is 18.5 Å². The van der Waals surface area contributed by atoms with E-state index < -0.39 is 4.92 Å². The molecule has 0 bridgehead atoms. The molecule has 108 valence electrons. The van der Waals surface area contributed by atoms with Crippen molar-refractivity contribution < 1.29 is 14.7 Å². The third kappa shape index (κ3) is 3.02. The summed E-state index contributed by atoms with van der Waals surface area (Å²) in [6.07, 6.45) is 1.78. The van der Waals surface area contributed by atoms with Crippen molar-refractivity contribution in [3.63, 3.8) is 0 Å². The van der Waals surface area contributed by atoms with Crippen molar-refractivity contribution in [2.45, 2.75) is 19.8 Å². The van der Waals surface area contributed by atoms with Crippen LogP contribution in [0.2, 0.25) is 0 Å². The molecule has 0 spiro atoms. The lowest BCUT2D eigenvalue weighted by atomic mass is 10.1. The van der Waals surface area contributed by atoms with Crippen LogP contribution in [0.25, 0.3) is 11.0 Å². The zero-order chi connectivity index (χ0) is 14.5. The highest BCUT2D eigenvalue weighted by molar-refractivity contribution is 5.93. The van der Waals surface area contributed by atoms with Crippen LogP contribution in [0.3, 0.4) is 0 Å². The Bertz CT molecular complexity index is 598. The average Bonchev–Trinajstić information content (AvgIpc) is 2.92. The number of anilines is 1. The van der Waals surface area contributed by atoms with Crippen molar-refractivity contribution in [1.29, 1.82) is 0 Å². The van der Waals surface area contributed by atoms with E-state index in [1.807, 2.05) is 6.92 Å². The van der Waals surface area contributed by atoms with E-state index in [0.29, 0.717) is 17.7 Å². The first-order valence-electron chi connectivity index (χ1n) is 6.38. The molecule has 0 saturated heterocycles. The van der Waals surface area contributed by atoms with E-state index in [2.05, 4.69) is 20.3 Å². The SMILES string of the molecule is CC(CO)CCCNc1ccc([N+](=O)[O-])c2nonc12. The quantitative estimate of drug-likeness (QED) is 0.452. The maximum Gasteiger partial charge on any atom is 0.300 e. The molecule has 8 nitrogen and oxygen atoms in total. The maximum absolute atomic E-state index is 10.8. The van der Waals surface area contributed by atoms with Gasteiger partial charge in [-0.3, -0.25) is 10.1 Å². The molecule has 0 fully saturated rings. The van der Waals surface area contributed by atoms with Gasteiger partial charge in [-0.1, -0.05) is 6.92 Å². The van der Waals surface area contributed by atoms with E-state index in [0.717, 1.165) is 12.8 Å². The molecule has 1 unspecified atom stereocenters. The Labute approximate surface area is 114 Å². The molecule has 20 heavy (non-hydrogen) atoms. The number of rotatable bonds is 7. The number of aliphatic hydroxyl groups excluding tert-OH is 1. The lowest BCUT2D eigenvalue weighted by Gasteiger charge is -2.09. The fourth-order valence-electron chi connectivity index (χ4n) is 1.91. The predicted octanol–water partition coefficient (Wildman–Crippen LogP) is 1.95. The van der Waals surface area contributed by atoms with Gasteiger partial charge in [0.25, 0.3) is 0 Å². The van der Waals surface area contributed by atoms with Gasteiger partial charge < -0.3 is 10.4 Å². The van der Waals surface area contributed by atoms with E-state index in [9.17, 15) is 10.1 Å². The van der Waals surface area contributed by atoms with Crippen LogP contribution in [0.5, 0.6) is 0 Å². The lowest BCUT2D eigenvalue weighted by molar-refractivity contribution is -0.383. The van der Waals surface area contributed by atoms with Crippen LogP contribution in [0.1, 0.15) is 19.8 Å². The average molecular weight is 280 g/mol. The molecular weight excluding hydrogens is 264 g/mol. The Hall–Kier alpha value is -2.22. The van der Waals surface area contributed by atoms with Crippen LogP contribution in [0, 0.1) is 16.0 Å². The molecular formula is C12H16N4O4. The monoisotopic (exact) mass is 280 g/mol. The van der Waals surface area contributed by atoms with Crippen LogP contribution in [-0.4, -0.2) is 33.5 Å². The van der Waals surface area contributed by atoms with Crippen LogP contribution in [0.15, 0.2) is 16.8 Å². The molecule has 0 aliphatic rings. The third-order valence-electron chi connectivity index (χ3n) is 3.09. The summed E-state index contributed by atoms with van der Waals surface area (Å²) in [6, 6.07) is 2.98. The Morgan fingerprint density at radius 3 is 2.90 bits per heavy atom. The molecule has 0 radical (unpaired) electrons. The molecule has 0 amide bonds. The number of nitro groups is 1. The largest absolute Gasteiger partial charge is 0.396 e. The molecule has 2 N–H and O–H groups in total. The molecule has 1 aromatic carbocycles. The van der Waals surface area contributed by atoms with Crippen LogP contribution in [0.4, 0.5) is 11.4 Å². The van der Waals surface area contributed by atoms with Crippen LogP contribution in [-0.2, 0) is 0 Å². The number of nitrogens with one attached hydrogen (secondary N) is 1. The van der Waals surface area contributed by atoms with Gasteiger partial charge in [-0.05, 0) is 35.1 Å². The zero-order valence-electron chi connectivity index (χ0n) is 11.1. The van der Waals surface area contributed by atoms with Gasteiger partial charge in [0.1, 0.15) is 0 Å². The number of nitro benzene ring substituents is 1. The first-order chi connectivity index (χ1) is 9.63. The van der Waals surface area contributed by atoms with Crippen LogP contribution >= 0.6 is 0 Å². The zero-order valence-corrected chi connectivity index (χ0v) is 11.1. The third-order valence-corrected chi connectivity index (χ3v) is 3.09. The summed E-state index contributed by atoms with van der Waals surface area (Å²) in [5, 5.41) is 30.2. The number of fused-ring (bicyclic) bond motifs is 1. The maximum atomic E-state index is 10.8. The van der Waals surface area contributed by atoms with E-state index in [1.165, 1.54) is 6.07 Å². The first kappa shape index (κ1) is 14.2. The van der Waals surface area contributed by atoms with Gasteiger partial charge in [-0.2, -0.15) is 0 Å². The Morgan fingerprint density at radius 2 is 2.20 bits per heavy atom. The molecule has 8 heteroatoms. The van der Waals surface area contributed by atoms with E-state index in [4.69, 9.17) is 5.11 Å². The summed E-state index contributed by atoms with van der Waals surface area (Å²) in [6.45, 7) is 2.84. The normalized spacial score (nSPS) is 12.5. The molecule has 1 heterocycles. The van der Waals surface area contributed by atoms with E-state index in [-0.39, 0.29) is 23.7 Å². The minimum absolute atomic E-state index is 0.124. The molecule has 0 aliphatic heterocycles.